The molecule has 0 saturated heterocycles. The second-order valence-corrected chi connectivity index (χ2v) is 32.3. The molecule has 0 saturated carbocycles. The summed E-state index contributed by atoms with van der Waals surface area (Å²) in [5.41, 5.74) is 0. The summed E-state index contributed by atoms with van der Waals surface area (Å²) in [6.45, 7) is 4.33. The van der Waals surface area contributed by atoms with Gasteiger partial charge in [0.25, 0.3) is 7.82 Å². The largest absolute Gasteiger partial charge is 0.756 e. The predicted octanol–water partition coefficient (Wildman–Crippen LogP) is 28.1. The van der Waals surface area contributed by atoms with E-state index in [1.807, 2.05) is 21.1 Å². The van der Waals surface area contributed by atoms with Crippen LogP contribution in [0.15, 0.2) is 24.3 Å². The Morgan fingerprint density at radius 2 is 0.562 bits per heavy atom. The third-order valence-electron chi connectivity index (χ3n) is 20.0. The normalized spacial score (nSPS) is 13.0. The van der Waals surface area contributed by atoms with Gasteiger partial charge in [-0.1, -0.05) is 430 Å². The fourth-order valence-corrected chi connectivity index (χ4v) is 14.1. The third-order valence-corrected chi connectivity index (χ3v) is 20.9. The number of esters is 2. The van der Waals surface area contributed by atoms with Gasteiger partial charge in [0, 0.05) is 12.8 Å². The van der Waals surface area contributed by atoms with E-state index < -0.39 is 26.5 Å². The van der Waals surface area contributed by atoms with Gasteiger partial charge in [-0.3, -0.25) is 14.2 Å². The van der Waals surface area contributed by atoms with Crippen LogP contribution in [0.25, 0.3) is 0 Å². The molecule has 0 N–H and O–H groups in total. The lowest BCUT2D eigenvalue weighted by atomic mass is 10.0. The molecule has 0 aromatic heterocycles. The molecule has 0 aliphatic heterocycles. The zero-order valence-electron chi connectivity index (χ0n) is 65.4. The van der Waals surface area contributed by atoms with E-state index in [9.17, 15) is 19.0 Å². The lowest BCUT2D eigenvalue weighted by Crippen LogP contribution is -2.37. The molecule has 0 aliphatic rings. The van der Waals surface area contributed by atoms with Crippen LogP contribution in [0.1, 0.15) is 463 Å². The molecule has 0 aliphatic carbocycles. The van der Waals surface area contributed by atoms with Gasteiger partial charge in [0.15, 0.2) is 6.10 Å². The van der Waals surface area contributed by atoms with E-state index in [4.69, 9.17) is 18.5 Å². The van der Waals surface area contributed by atoms with Crippen molar-refractivity contribution >= 4 is 19.8 Å². The summed E-state index contributed by atoms with van der Waals surface area (Å²) >= 11 is 0. The van der Waals surface area contributed by atoms with Gasteiger partial charge in [0.05, 0.1) is 27.7 Å². The Balaban J connectivity index is 3.84. The number of carbonyl (C=O) groups excluding carboxylic acids is 2. The van der Waals surface area contributed by atoms with E-state index in [1.165, 1.54) is 392 Å². The number of unbranched alkanes of at least 4 members (excludes halogenated alkanes) is 64. The Morgan fingerprint density at radius 1 is 0.323 bits per heavy atom. The fourth-order valence-electron chi connectivity index (χ4n) is 13.4. The number of phosphoric ester groups is 1. The topological polar surface area (TPSA) is 111 Å². The summed E-state index contributed by atoms with van der Waals surface area (Å²) in [4.78, 5) is 38.2. The maximum Gasteiger partial charge on any atom is 0.306 e. The van der Waals surface area contributed by atoms with Crippen LogP contribution in [-0.4, -0.2) is 70.0 Å². The van der Waals surface area contributed by atoms with E-state index in [2.05, 4.69) is 38.2 Å². The minimum Gasteiger partial charge on any atom is -0.756 e. The van der Waals surface area contributed by atoms with Gasteiger partial charge in [0.1, 0.15) is 19.8 Å². The van der Waals surface area contributed by atoms with Crippen molar-refractivity contribution in [1.29, 1.82) is 0 Å². The Morgan fingerprint density at radius 3 is 0.823 bits per heavy atom. The highest BCUT2D eigenvalue weighted by atomic mass is 31.2. The fraction of sp³-hybridized carbons (Fsp3) is 0.930. The lowest BCUT2D eigenvalue weighted by molar-refractivity contribution is -0.870. The van der Waals surface area contributed by atoms with E-state index in [0.29, 0.717) is 17.4 Å². The van der Waals surface area contributed by atoms with Crippen LogP contribution in [0, 0.1) is 0 Å². The number of likely N-dealkylation sites (N-methyl/N-ethyl adjacent to an activating group) is 1. The number of ether oxygens (including phenoxy) is 2. The first-order valence-corrected chi connectivity index (χ1v) is 44.5. The van der Waals surface area contributed by atoms with Gasteiger partial charge in [0.2, 0.25) is 0 Å². The molecule has 2 unspecified atom stereocenters. The van der Waals surface area contributed by atoms with Gasteiger partial charge >= 0.3 is 11.9 Å². The first-order chi connectivity index (χ1) is 47.0. The molecule has 10 heteroatoms. The standard InChI is InChI=1S/C86H168NO8P/c1-6-8-10-12-14-16-18-20-22-24-26-28-30-32-34-36-38-39-40-41-42-43-44-45-46-47-49-50-52-54-56-58-60-62-64-66-68-70-72-74-76-78-85(88)92-82-84(83-94-96(90,91)93-81-80-87(3,4)5)95-86(89)79-77-75-73-71-69-67-65-63-61-59-57-55-53-51-48-37-35-33-31-29-27-25-23-21-19-17-15-13-11-9-7-2/h19,21,25,27,84H,6-18,20,22-24,26,28-83H2,1-5H3/b21-19-,27-25-. The zero-order valence-corrected chi connectivity index (χ0v) is 66.3. The number of quaternary nitrogens is 1. The molecular formula is C86H168NO8P. The number of carbonyl (C=O) groups is 2. The molecular weight excluding hydrogens is 1210 g/mol. The van der Waals surface area contributed by atoms with Crippen LogP contribution in [-0.2, 0) is 32.7 Å². The number of hydrogen-bond acceptors (Lipinski definition) is 8. The number of phosphoric acid groups is 1. The average molecular weight is 1380 g/mol. The van der Waals surface area contributed by atoms with Gasteiger partial charge in [-0.25, -0.2) is 0 Å². The highest BCUT2D eigenvalue weighted by Gasteiger charge is 2.22. The van der Waals surface area contributed by atoms with Crippen LogP contribution >= 0.6 is 7.82 Å². The first kappa shape index (κ1) is 94.5. The summed E-state index contributed by atoms with van der Waals surface area (Å²) in [5, 5.41) is 0. The molecule has 0 heterocycles. The van der Waals surface area contributed by atoms with Crippen molar-refractivity contribution in [3.63, 3.8) is 0 Å². The quantitative estimate of drug-likeness (QED) is 0.0195. The second kappa shape index (κ2) is 77.6. The number of allylic oxidation sites excluding steroid dienone is 4. The SMILES string of the molecule is CCCCCCC/C=C\C/C=C\CCCCCCCCCCCCCCCCCCCCCC(=O)OC(COC(=O)CCCCCCCCCCCCCCCCCCCCCCCCCCCCCCCCCCCCCCCCCCC)COP(=O)([O-])OCC[N+](C)(C)C. The molecule has 96 heavy (non-hydrogen) atoms. The highest BCUT2D eigenvalue weighted by molar-refractivity contribution is 7.45. The van der Waals surface area contributed by atoms with Crippen molar-refractivity contribution in [3.05, 3.63) is 24.3 Å². The van der Waals surface area contributed by atoms with Gasteiger partial charge < -0.3 is 27.9 Å². The third kappa shape index (κ3) is 81.5. The molecule has 0 amide bonds. The van der Waals surface area contributed by atoms with Crippen LogP contribution in [0.2, 0.25) is 0 Å². The molecule has 0 aromatic carbocycles. The van der Waals surface area contributed by atoms with Gasteiger partial charge in [-0.05, 0) is 44.9 Å². The Labute approximate surface area is 599 Å². The Kier molecular flexibility index (Phi) is 76.4. The lowest BCUT2D eigenvalue weighted by Gasteiger charge is -2.28. The van der Waals surface area contributed by atoms with E-state index >= 15 is 0 Å². The number of hydrogen-bond donors (Lipinski definition) is 0. The van der Waals surface area contributed by atoms with Crippen LogP contribution in [0.3, 0.4) is 0 Å². The van der Waals surface area contributed by atoms with E-state index in [1.54, 1.807) is 0 Å². The van der Waals surface area contributed by atoms with Gasteiger partial charge in [-0.15, -0.1) is 0 Å². The highest BCUT2D eigenvalue weighted by Crippen LogP contribution is 2.38. The number of nitrogens with zero attached hydrogens (tertiary/aromatic N) is 1. The molecule has 0 fully saturated rings. The maximum atomic E-state index is 12.9. The molecule has 0 rings (SSSR count). The molecule has 0 radical (unpaired) electrons. The summed E-state index contributed by atoms with van der Waals surface area (Å²) in [7, 11) is 1.19. The molecule has 0 aromatic rings. The summed E-state index contributed by atoms with van der Waals surface area (Å²) in [5.74, 6) is -0.804. The van der Waals surface area contributed by atoms with Crippen molar-refractivity contribution in [2.45, 2.75) is 469 Å². The van der Waals surface area contributed by atoms with Crippen LogP contribution in [0.5, 0.6) is 0 Å². The van der Waals surface area contributed by atoms with Crippen molar-refractivity contribution in [2.24, 2.45) is 0 Å². The summed E-state index contributed by atoms with van der Waals surface area (Å²) in [6, 6.07) is 0. The summed E-state index contributed by atoms with van der Waals surface area (Å²) < 4.78 is 34.5. The molecule has 0 spiro atoms. The van der Waals surface area contributed by atoms with E-state index in [-0.39, 0.29) is 32.0 Å². The van der Waals surface area contributed by atoms with Crippen LogP contribution in [0.4, 0.5) is 0 Å². The Bertz CT molecular complexity index is 1660. The zero-order chi connectivity index (χ0) is 69.7. The molecule has 9 nitrogen and oxygen atoms in total. The van der Waals surface area contributed by atoms with Crippen LogP contribution < -0.4 is 4.89 Å². The Hall–Kier alpha value is -1.51. The maximum absolute atomic E-state index is 12.9. The van der Waals surface area contributed by atoms with Crippen molar-refractivity contribution in [3.8, 4) is 0 Å². The number of rotatable bonds is 82. The minimum atomic E-state index is -4.64. The minimum absolute atomic E-state index is 0.0265. The van der Waals surface area contributed by atoms with Crippen molar-refractivity contribution in [2.75, 3.05) is 47.5 Å². The average Bonchev–Trinajstić information content (AvgIpc) is 1.97. The van der Waals surface area contributed by atoms with Gasteiger partial charge in [-0.2, -0.15) is 0 Å². The smallest absolute Gasteiger partial charge is 0.306 e. The molecule has 570 valence electrons. The van der Waals surface area contributed by atoms with E-state index in [0.717, 1.165) is 38.5 Å². The first-order valence-electron chi connectivity index (χ1n) is 43.0. The monoisotopic (exact) mass is 1370 g/mol. The van der Waals surface area contributed by atoms with Crippen molar-refractivity contribution < 1.29 is 42.1 Å². The summed E-state index contributed by atoms with van der Waals surface area (Å²) in [6.07, 6.45) is 101. The second-order valence-electron chi connectivity index (χ2n) is 30.9. The molecule has 0 bridgehead atoms. The molecule has 2 atom stereocenters. The predicted molar refractivity (Wildman–Crippen MR) is 416 cm³/mol. The van der Waals surface area contributed by atoms with Crippen molar-refractivity contribution in [1.82, 2.24) is 0 Å².